The molecular weight excluding hydrogens is 1040 g/mol. The molecule has 0 atom stereocenters. The predicted octanol–water partition coefficient (Wildman–Crippen LogP) is 23.2. The van der Waals surface area contributed by atoms with Crippen LogP contribution in [0, 0.1) is 0 Å². The molecule has 2 aliphatic carbocycles. The van der Waals surface area contributed by atoms with Crippen LogP contribution in [-0.2, 0) is 10.8 Å². The van der Waals surface area contributed by atoms with Gasteiger partial charge in [-0.25, -0.2) is 0 Å². The van der Waals surface area contributed by atoms with Crippen LogP contribution in [0.3, 0.4) is 0 Å². The van der Waals surface area contributed by atoms with Gasteiger partial charge in [-0.2, -0.15) is 0 Å². The van der Waals surface area contributed by atoms with Gasteiger partial charge in [0.05, 0.1) is 0 Å². The summed E-state index contributed by atoms with van der Waals surface area (Å²) in [6.07, 6.45) is 8.99. The molecule has 0 saturated carbocycles. The van der Waals surface area contributed by atoms with Crippen LogP contribution in [0.25, 0.3) is 90.4 Å². The molecule has 410 valence electrons. The van der Waals surface area contributed by atoms with E-state index in [1.807, 2.05) is 0 Å². The summed E-state index contributed by atoms with van der Waals surface area (Å²) in [5.41, 5.74) is 26.5. The predicted molar refractivity (Wildman–Crippen MR) is 368 cm³/mol. The standard InChI is InChI=1S/C84H64N2/c1-83(2)79-51-59(31-47-75(79)77-49-45-73(55-81(77)83)85(71-43-37-63-19-11-13-21-67(63)53-71)69-39-33-65(34-40-69)61-15-7-5-8-16-61)29-27-57-23-25-58(26-24-57)28-30-60-32-48-76-78-50-46-74(56-82(78)84(3,4)80(76)52-60)86(72-44-38-64-20-12-14-22-68(64)54-72)70-41-35-66(36-42-70)62-17-9-6-10-18-62/h5-56H,1-4H3. The van der Waals surface area contributed by atoms with Gasteiger partial charge in [0.1, 0.15) is 0 Å². The summed E-state index contributed by atoms with van der Waals surface area (Å²) in [6, 6.07) is 107. The highest BCUT2D eigenvalue weighted by Gasteiger charge is 2.38. The van der Waals surface area contributed by atoms with Crippen LogP contribution < -0.4 is 9.80 Å². The van der Waals surface area contributed by atoms with Crippen molar-refractivity contribution in [3.63, 3.8) is 0 Å². The first-order valence-electron chi connectivity index (χ1n) is 30.0. The summed E-state index contributed by atoms with van der Waals surface area (Å²) in [5, 5.41) is 4.91. The van der Waals surface area contributed by atoms with Crippen LogP contribution >= 0.6 is 0 Å². The summed E-state index contributed by atoms with van der Waals surface area (Å²) in [5.74, 6) is 0. The van der Waals surface area contributed by atoms with E-state index >= 15 is 0 Å². The molecule has 0 fully saturated rings. The van der Waals surface area contributed by atoms with Crippen LogP contribution in [0.15, 0.2) is 291 Å². The van der Waals surface area contributed by atoms with Gasteiger partial charge in [0.2, 0.25) is 0 Å². The third-order valence-corrected chi connectivity index (χ3v) is 18.2. The Labute approximate surface area is 505 Å². The lowest BCUT2D eigenvalue weighted by atomic mass is 9.81. The summed E-state index contributed by atoms with van der Waals surface area (Å²) in [7, 11) is 0. The van der Waals surface area contributed by atoms with E-state index < -0.39 is 0 Å². The fourth-order valence-corrected chi connectivity index (χ4v) is 13.5. The fourth-order valence-electron chi connectivity index (χ4n) is 13.5. The quantitative estimate of drug-likeness (QED) is 0.113. The molecule has 2 heteroatoms. The van der Waals surface area contributed by atoms with Gasteiger partial charge >= 0.3 is 0 Å². The van der Waals surface area contributed by atoms with Crippen molar-refractivity contribution in [2.75, 3.05) is 9.80 Å². The average Bonchev–Trinajstić information content (AvgIpc) is 1.67. The topological polar surface area (TPSA) is 6.48 Å². The Balaban J connectivity index is 0.656. The van der Waals surface area contributed by atoms with Crippen LogP contribution in [-0.4, -0.2) is 0 Å². The van der Waals surface area contributed by atoms with Crippen LogP contribution in [0.2, 0.25) is 0 Å². The number of benzene rings is 13. The zero-order valence-corrected chi connectivity index (χ0v) is 48.9. The minimum Gasteiger partial charge on any atom is -0.310 e. The molecule has 0 heterocycles. The number of hydrogen-bond donors (Lipinski definition) is 0. The van der Waals surface area contributed by atoms with E-state index in [1.165, 1.54) is 111 Å². The van der Waals surface area contributed by atoms with Gasteiger partial charge in [-0.1, -0.05) is 270 Å². The third kappa shape index (κ3) is 9.50. The van der Waals surface area contributed by atoms with Crippen LogP contribution in [0.4, 0.5) is 34.1 Å². The number of fused-ring (bicyclic) bond motifs is 8. The van der Waals surface area contributed by atoms with E-state index in [9.17, 15) is 0 Å². The van der Waals surface area contributed by atoms with Crippen molar-refractivity contribution in [3.05, 3.63) is 336 Å². The van der Waals surface area contributed by atoms with Gasteiger partial charge in [-0.15, -0.1) is 0 Å². The van der Waals surface area contributed by atoms with E-state index in [0.29, 0.717) is 0 Å². The number of anilines is 6. The van der Waals surface area contributed by atoms with E-state index in [0.717, 1.165) is 34.1 Å². The Hall–Kier alpha value is -10.5. The second-order valence-corrected chi connectivity index (χ2v) is 24.2. The first-order chi connectivity index (χ1) is 42.1. The Morgan fingerprint density at radius 2 is 0.500 bits per heavy atom. The van der Waals surface area contributed by atoms with E-state index in [2.05, 4.69) is 353 Å². The van der Waals surface area contributed by atoms with Crippen LogP contribution in [0.5, 0.6) is 0 Å². The van der Waals surface area contributed by atoms with Crippen molar-refractivity contribution in [3.8, 4) is 44.5 Å². The molecule has 15 rings (SSSR count). The number of rotatable bonds is 12. The van der Waals surface area contributed by atoms with Gasteiger partial charge in [-0.3, -0.25) is 0 Å². The third-order valence-electron chi connectivity index (χ3n) is 18.2. The molecule has 0 radical (unpaired) electrons. The van der Waals surface area contributed by atoms with Gasteiger partial charge < -0.3 is 9.80 Å². The average molecular weight is 1100 g/mol. The van der Waals surface area contributed by atoms with Crippen molar-refractivity contribution in [1.82, 2.24) is 0 Å². The lowest BCUT2D eigenvalue weighted by Crippen LogP contribution is -2.16. The largest absolute Gasteiger partial charge is 0.310 e. The molecular formula is C84H64N2. The SMILES string of the molecule is CC1(C)c2cc(C=Cc3ccc(C=Cc4ccc5c(c4)C(C)(C)c4cc(N(c6ccc(-c7ccccc7)cc6)c6ccc7ccccc7c6)ccc4-5)cc3)ccc2-c2ccc(N(c3ccc(-c4ccccc4)cc3)c3ccc4ccccc4c3)cc21. The molecule has 0 bridgehead atoms. The van der Waals surface area contributed by atoms with Crippen molar-refractivity contribution in [2.24, 2.45) is 0 Å². The number of hydrogen-bond acceptors (Lipinski definition) is 2. The highest BCUT2D eigenvalue weighted by atomic mass is 15.1. The maximum absolute atomic E-state index is 2.43. The van der Waals surface area contributed by atoms with Crippen molar-refractivity contribution >= 4 is 80.0 Å². The molecule has 0 aromatic heterocycles. The van der Waals surface area contributed by atoms with Crippen molar-refractivity contribution in [1.29, 1.82) is 0 Å². The van der Waals surface area contributed by atoms with Gasteiger partial charge in [0.25, 0.3) is 0 Å². The maximum Gasteiger partial charge on any atom is 0.0468 e. The summed E-state index contributed by atoms with van der Waals surface area (Å²) >= 11 is 0. The molecule has 13 aromatic rings. The fraction of sp³-hybridized carbons (Fsp3) is 0.0714. The molecule has 0 aliphatic heterocycles. The van der Waals surface area contributed by atoms with Crippen molar-refractivity contribution in [2.45, 2.75) is 38.5 Å². The zero-order chi connectivity index (χ0) is 57.9. The molecule has 0 amide bonds. The smallest absolute Gasteiger partial charge is 0.0468 e. The highest BCUT2D eigenvalue weighted by molar-refractivity contribution is 5.94. The molecule has 86 heavy (non-hydrogen) atoms. The lowest BCUT2D eigenvalue weighted by Gasteiger charge is -2.28. The normalized spacial score (nSPS) is 13.4. The minimum absolute atomic E-state index is 0.204. The summed E-state index contributed by atoms with van der Waals surface area (Å²) < 4.78 is 0. The zero-order valence-electron chi connectivity index (χ0n) is 48.9. The Morgan fingerprint density at radius 1 is 0.221 bits per heavy atom. The van der Waals surface area contributed by atoms with E-state index in [1.54, 1.807) is 0 Å². The Morgan fingerprint density at radius 3 is 0.895 bits per heavy atom. The van der Waals surface area contributed by atoms with Gasteiger partial charge in [0.15, 0.2) is 0 Å². The highest BCUT2D eigenvalue weighted by Crippen LogP contribution is 2.53. The molecule has 13 aromatic carbocycles. The molecule has 2 aliphatic rings. The van der Waals surface area contributed by atoms with E-state index in [4.69, 9.17) is 0 Å². The second kappa shape index (κ2) is 21.3. The second-order valence-electron chi connectivity index (χ2n) is 24.2. The molecule has 0 unspecified atom stereocenters. The Bertz CT molecular complexity index is 4470. The molecule has 0 N–H and O–H groups in total. The van der Waals surface area contributed by atoms with Gasteiger partial charge in [0, 0.05) is 45.0 Å². The van der Waals surface area contributed by atoms with Crippen molar-refractivity contribution < 1.29 is 0 Å². The minimum atomic E-state index is -0.204. The van der Waals surface area contributed by atoms with E-state index in [-0.39, 0.29) is 10.8 Å². The maximum atomic E-state index is 2.43. The molecule has 0 spiro atoms. The van der Waals surface area contributed by atoms with Gasteiger partial charge in [-0.05, 0) is 183 Å². The van der Waals surface area contributed by atoms with Crippen LogP contribution in [0.1, 0.15) is 72.2 Å². The number of nitrogens with zero attached hydrogens (tertiary/aromatic N) is 2. The summed E-state index contributed by atoms with van der Waals surface area (Å²) in [6.45, 7) is 9.51. The Kier molecular flexibility index (Phi) is 12.9. The molecule has 2 nitrogen and oxygen atoms in total. The monoisotopic (exact) mass is 1100 g/mol. The first kappa shape index (κ1) is 52.3. The summed E-state index contributed by atoms with van der Waals surface area (Å²) in [4.78, 5) is 4.82. The first-order valence-corrected chi connectivity index (χ1v) is 30.0. The lowest BCUT2D eigenvalue weighted by molar-refractivity contribution is 0.660. The molecule has 0 saturated heterocycles.